The van der Waals surface area contributed by atoms with Gasteiger partial charge in [0.1, 0.15) is 0 Å². The summed E-state index contributed by atoms with van der Waals surface area (Å²) in [4.78, 5) is 0. The molecule has 0 spiro atoms. The SMILES string of the molecule is CNC(Cc1cc(C)cc(C)c1)c1cccc(F)c1F. The quantitative estimate of drug-likeness (QED) is 0.886. The van der Waals surface area contributed by atoms with Crippen LogP contribution in [0.4, 0.5) is 8.78 Å². The Morgan fingerprint density at radius 1 is 1.05 bits per heavy atom. The molecule has 20 heavy (non-hydrogen) atoms. The van der Waals surface area contributed by atoms with Crippen molar-refractivity contribution < 1.29 is 8.78 Å². The van der Waals surface area contributed by atoms with Crippen LogP contribution in [0.25, 0.3) is 0 Å². The summed E-state index contributed by atoms with van der Waals surface area (Å²) in [6.07, 6.45) is 0.624. The molecule has 0 saturated heterocycles. The maximum Gasteiger partial charge on any atom is 0.163 e. The molecule has 0 aliphatic rings. The minimum Gasteiger partial charge on any atom is -0.313 e. The van der Waals surface area contributed by atoms with Crippen LogP contribution in [0.3, 0.4) is 0 Å². The van der Waals surface area contributed by atoms with E-state index in [9.17, 15) is 8.78 Å². The molecule has 0 amide bonds. The van der Waals surface area contributed by atoms with Gasteiger partial charge in [-0.3, -0.25) is 0 Å². The fourth-order valence-corrected chi connectivity index (χ4v) is 2.58. The first kappa shape index (κ1) is 14.7. The molecule has 0 aromatic heterocycles. The van der Waals surface area contributed by atoms with Crippen molar-refractivity contribution in [3.8, 4) is 0 Å². The molecule has 0 bridgehead atoms. The Morgan fingerprint density at radius 2 is 1.70 bits per heavy atom. The van der Waals surface area contributed by atoms with Gasteiger partial charge in [-0.05, 0) is 38.9 Å². The van der Waals surface area contributed by atoms with Crippen LogP contribution in [-0.4, -0.2) is 7.05 Å². The van der Waals surface area contributed by atoms with Gasteiger partial charge in [-0.1, -0.05) is 41.5 Å². The topological polar surface area (TPSA) is 12.0 Å². The Balaban J connectivity index is 2.31. The molecule has 1 atom stereocenters. The lowest BCUT2D eigenvalue weighted by Crippen LogP contribution is -2.20. The summed E-state index contributed by atoms with van der Waals surface area (Å²) in [5, 5.41) is 3.07. The first-order valence-corrected chi connectivity index (χ1v) is 6.69. The van der Waals surface area contributed by atoms with Crippen molar-refractivity contribution in [2.75, 3.05) is 7.05 Å². The van der Waals surface area contributed by atoms with Crippen LogP contribution in [-0.2, 0) is 6.42 Å². The van der Waals surface area contributed by atoms with Gasteiger partial charge in [-0.2, -0.15) is 0 Å². The summed E-state index contributed by atoms with van der Waals surface area (Å²) in [5.41, 5.74) is 3.83. The summed E-state index contributed by atoms with van der Waals surface area (Å²) >= 11 is 0. The molecule has 0 saturated carbocycles. The highest BCUT2D eigenvalue weighted by Gasteiger charge is 2.17. The smallest absolute Gasteiger partial charge is 0.163 e. The number of nitrogens with one attached hydrogen (secondary N) is 1. The van der Waals surface area contributed by atoms with Crippen LogP contribution < -0.4 is 5.32 Å². The largest absolute Gasteiger partial charge is 0.313 e. The number of halogens is 2. The zero-order chi connectivity index (χ0) is 14.7. The minimum atomic E-state index is -0.803. The number of hydrogen-bond acceptors (Lipinski definition) is 1. The van der Waals surface area contributed by atoms with Crippen LogP contribution >= 0.6 is 0 Å². The Labute approximate surface area is 118 Å². The van der Waals surface area contributed by atoms with E-state index < -0.39 is 11.6 Å². The third-order valence-electron chi connectivity index (χ3n) is 3.43. The first-order chi connectivity index (χ1) is 9.51. The van der Waals surface area contributed by atoms with Gasteiger partial charge in [0.2, 0.25) is 0 Å². The molecule has 0 heterocycles. The maximum absolute atomic E-state index is 13.9. The van der Waals surface area contributed by atoms with Gasteiger partial charge in [-0.25, -0.2) is 8.78 Å². The highest BCUT2D eigenvalue weighted by Crippen LogP contribution is 2.23. The zero-order valence-corrected chi connectivity index (χ0v) is 12.0. The van der Waals surface area contributed by atoms with Crippen LogP contribution in [0.5, 0.6) is 0 Å². The standard InChI is InChI=1S/C17H19F2N/c1-11-7-12(2)9-13(8-11)10-16(20-3)14-5-4-6-15(18)17(14)19/h4-9,16,20H,10H2,1-3H3. The first-order valence-electron chi connectivity index (χ1n) is 6.69. The van der Waals surface area contributed by atoms with Crippen molar-refractivity contribution in [1.82, 2.24) is 5.32 Å². The average Bonchev–Trinajstić information content (AvgIpc) is 2.38. The van der Waals surface area contributed by atoms with E-state index in [4.69, 9.17) is 0 Å². The molecule has 2 aromatic rings. The maximum atomic E-state index is 13.9. The molecule has 106 valence electrons. The third-order valence-corrected chi connectivity index (χ3v) is 3.43. The Morgan fingerprint density at radius 3 is 2.30 bits per heavy atom. The second-order valence-electron chi connectivity index (χ2n) is 5.18. The van der Waals surface area contributed by atoms with Crippen molar-refractivity contribution in [2.24, 2.45) is 0 Å². The van der Waals surface area contributed by atoms with E-state index in [1.807, 2.05) is 13.8 Å². The number of benzene rings is 2. The molecule has 1 nitrogen and oxygen atoms in total. The molecule has 1 N–H and O–H groups in total. The highest BCUT2D eigenvalue weighted by molar-refractivity contribution is 5.31. The third kappa shape index (κ3) is 3.23. The van der Waals surface area contributed by atoms with Gasteiger partial charge in [0.25, 0.3) is 0 Å². The number of likely N-dealkylation sites (N-methyl/N-ethyl adjacent to an activating group) is 1. The number of rotatable bonds is 4. The monoisotopic (exact) mass is 275 g/mol. The summed E-state index contributed by atoms with van der Waals surface area (Å²) in [7, 11) is 1.76. The van der Waals surface area contributed by atoms with E-state index in [1.165, 1.54) is 11.1 Å². The van der Waals surface area contributed by atoms with E-state index in [0.29, 0.717) is 12.0 Å². The van der Waals surface area contributed by atoms with Crippen molar-refractivity contribution in [1.29, 1.82) is 0 Å². The van der Waals surface area contributed by atoms with Gasteiger partial charge >= 0.3 is 0 Å². The summed E-state index contributed by atoms with van der Waals surface area (Å²) in [5.74, 6) is -1.57. The molecular weight excluding hydrogens is 256 g/mol. The Kier molecular flexibility index (Phi) is 4.50. The van der Waals surface area contributed by atoms with Crippen molar-refractivity contribution >= 4 is 0 Å². The molecule has 2 aromatic carbocycles. The molecule has 3 heteroatoms. The fourth-order valence-electron chi connectivity index (χ4n) is 2.58. The zero-order valence-electron chi connectivity index (χ0n) is 12.0. The highest BCUT2D eigenvalue weighted by atomic mass is 19.2. The van der Waals surface area contributed by atoms with Crippen LogP contribution in [0.2, 0.25) is 0 Å². The molecule has 1 unspecified atom stereocenters. The normalized spacial score (nSPS) is 12.4. The molecule has 2 rings (SSSR count). The van der Waals surface area contributed by atoms with E-state index in [2.05, 4.69) is 23.5 Å². The predicted molar refractivity (Wildman–Crippen MR) is 77.8 cm³/mol. The Hall–Kier alpha value is -1.74. The van der Waals surface area contributed by atoms with Gasteiger partial charge in [-0.15, -0.1) is 0 Å². The van der Waals surface area contributed by atoms with Crippen LogP contribution in [0.15, 0.2) is 36.4 Å². The summed E-state index contributed by atoms with van der Waals surface area (Å²) in [6.45, 7) is 4.07. The molecule has 0 radical (unpaired) electrons. The fraction of sp³-hybridized carbons (Fsp3) is 0.294. The summed E-state index contributed by atoms with van der Waals surface area (Å²) < 4.78 is 27.2. The second-order valence-corrected chi connectivity index (χ2v) is 5.18. The van der Waals surface area contributed by atoms with Gasteiger partial charge in [0.15, 0.2) is 11.6 Å². The van der Waals surface area contributed by atoms with Crippen molar-refractivity contribution in [2.45, 2.75) is 26.3 Å². The lowest BCUT2D eigenvalue weighted by Gasteiger charge is -2.18. The predicted octanol–water partition coefficient (Wildman–Crippen LogP) is 4.08. The second kappa shape index (κ2) is 6.14. The van der Waals surface area contributed by atoms with Crippen LogP contribution in [0.1, 0.15) is 28.3 Å². The number of hydrogen-bond donors (Lipinski definition) is 1. The molecular formula is C17H19F2N. The van der Waals surface area contributed by atoms with Gasteiger partial charge < -0.3 is 5.32 Å². The van der Waals surface area contributed by atoms with Gasteiger partial charge in [0, 0.05) is 11.6 Å². The lowest BCUT2D eigenvalue weighted by molar-refractivity contribution is 0.473. The minimum absolute atomic E-state index is 0.244. The van der Waals surface area contributed by atoms with Crippen molar-refractivity contribution in [3.63, 3.8) is 0 Å². The Bertz CT molecular complexity index is 588. The van der Waals surface area contributed by atoms with Crippen LogP contribution in [0, 0.1) is 25.5 Å². The average molecular weight is 275 g/mol. The molecule has 0 aliphatic carbocycles. The summed E-state index contributed by atoms with van der Waals surface area (Å²) in [6, 6.07) is 10.3. The number of aryl methyl sites for hydroxylation is 2. The van der Waals surface area contributed by atoms with E-state index >= 15 is 0 Å². The lowest BCUT2D eigenvalue weighted by atomic mass is 9.96. The van der Waals surface area contributed by atoms with E-state index in [0.717, 1.165) is 11.6 Å². The van der Waals surface area contributed by atoms with E-state index in [1.54, 1.807) is 19.2 Å². The van der Waals surface area contributed by atoms with E-state index in [-0.39, 0.29) is 6.04 Å². The van der Waals surface area contributed by atoms with Crippen molar-refractivity contribution in [3.05, 3.63) is 70.3 Å². The van der Waals surface area contributed by atoms with Gasteiger partial charge in [0.05, 0.1) is 0 Å². The molecule has 0 fully saturated rings. The molecule has 0 aliphatic heterocycles.